The summed E-state index contributed by atoms with van der Waals surface area (Å²) < 4.78 is 0. The number of rotatable bonds is 3. The van der Waals surface area contributed by atoms with E-state index in [1.165, 1.54) is 0 Å². The van der Waals surface area contributed by atoms with Gasteiger partial charge < -0.3 is 20.2 Å². The molecule has 0 saturated carbocycles. The van der Waals surface area contributed by atoms with Gasteiger partial charge in [0.2, 0.25) is 5.91 Å². The van der Waals surface area contributed by atoms with Crippen molar-refractivity contribution in [2.75, 3.05) is 31.1 Å². The van der Waals surface area contributed by atoms with Crippen molar-refractivity contribution in [2.24, 2.45) is 5.92 Å². The van der Waals surface area contributed by atoms with E-state index in [0.29, 0.717) is 31.6 Å². The Hall–Kier alpha value is -2.82. The first kappa shape index (κ1) is 15.1. The highest BCUT2D eigenvalue weighted by Gasteiger charge is 2.42. The van der Waals surface area contributed by atoms with Crippen molar-refractivity contribution in [3.63, 3.8) is 0 Å². The van der Waals surface area contributed by atoms with Crippen LogP contribution in [0.2, 0.25) is 0 Å². The number of amides is 2. The van der Waals surface area contributed by atoms with Gasteiger partial charge in [-0.15, -0.1) is 0 Å². The van der Waals surface area contributed by atoms with Crippen molar-refractivity contribution in [1.29, 1.82) is 5.26 Å². The van der Waals surface area contributed by atoms with Crippen molar-refractivity contribution in [3.8, 4) is 6.07 Å². The smallest absolute Gasteiger partial charge is 0.404 e. The molecule has 0 aliphatic carbocycles. The maximum absolute atomic E-state index is 12.3. The first-order valence-electron chi connectivity index (χ1n) is 7.47. The third-order valence-corrected chi connectivity index (χ3v) is 4.37. The van der Waals surface area contributed by atoms with Gasteiger partial charge in [0.25, 0.3) is 0 Å². The normalized spacial score (nSPS) is 23.3. The van der Waals surface area contributed by atoms with Gasteiger partial charge in [-0.2, -0.15) is 5.26 Å². The van der Waals surface area contributed by atoms with Gasteiger partial charge in [-0.1, -0.05) is 0 Å². The van der Waals surface area contributed by atoms with Gasteiger partial charge in [-0.3, -0.25) is 4.79 Å². The first-order valence-corrected chi connectivity index (χ1v) is 7.47. The van der Waals surface area contributed by atoms with E-state index >= 15 is 0 Å². The summed E-state index contributed by atoms with van der Waals surface area (Å²) in [5, 5.41) is 19.8. The van der Waals surface area contributed by atoms with E-state index in [1.54, 1.807) is 12.3 Å². The molecule has 2 amide bonds. The Morgan fingerprint density at radius 3 is 2.96 bits per heavy atom. The average Bonchev–Trinajstić information content (AvgIpc) is 2.88. The summed E-state index contributed by atoms with van der Waals surface area (Å²) in [6.45, 7) is 2.12. The van der Waals surface area contributed by atoms with Crippen molar-refractivity contribution in [3.05, 3.63) is 23.9 Å². The van der Waals surface area contributed by atoms with E-state index in [9.17, 15) is 9.59 Å². The minimum atomic E-state index is -1.11. The maximum Gasteiger partial charge on any atom is 0.404 e. The third-order valence-electron chi connectivity index (χ3n) is 4.37. The van der Waals surface area contributed by atoms with Gasteiger partial charge in [0, 0.05) is 32.4 Å². The zero-order valence-electron chi connectivity index (χ0n) is 12.5. The Balaban J connectivity index is 1.65. The summed E-state index contributed by atoms with van der Waals surface area (Å²) in [5.41, 5.74) is 0.517. The van der Waals surface area contributed by atoms with Crippen LogP contribution in [-0.2, 0) is 4.79 Å². The number of carbonyl (C=O) groups is 2. The number of aromatic nitrogens is 1. The number of hydrogen-bond donors (Lipinski definition) is 2. The van der Waals surface area contributed by atoms with Crippen LogP contribution in [0.15, 0.2) is 18.3 Å². The lowest BCUT2D eigenvalue weighted by atomic mass is 10.0. The lowest BCUT2D eigenvalue weighted by Crippen LogP contribution is -2.52. The fourth-order valence-corrected chi connectivity index (χ4v) is 3.24. The van der Waals surface area contributed by atoms with E-state index in [-0.39, 0.29) is 24.4 Å². The van der Waals surface area contributed by atoms with Gasteiger partial charge in [-0.25, -0.2) is 9.78 Å². The molecule has 1 aromatic rings. The molecule has 23 heavy (non-hydrogen) atoms. The van der Waals surface area contributed by atoms with Crippen LogP contribution in [0.4, 0.5) is 10.6 Å². The van der Waals surface area contributed by atoms with Crippen LogP contribution >= 0.6 is 0 Å². The summed E-state index contributed by atoms with van der Waals surface area (Å²) in [5.74, 6) is 0.532. The fourth-order valence-electron chi connectivity index (χ4n) is 3.24. The molecule has 8 nitrogen and oxygen atoms in total. The number of carbonyl (C=O) groups excluding carboxylic acids is 1. The molecular formula is C15H17N5O3. The molecule has 3 heterocycles. The van der Waals surface area contributed by atoms with Crippen LogP contribution in [0, 0.1) is 17.2 Å². The monoisotopic (exact) mass is 315 g/mol. The zero-order valence-corrected chi connectivity index (χ0v) is 12.5. The van der Waals surface area contributed by atoms with Crippen LogP contribution in [0.25, 0.3) is 0 Å². The molecule has 2 aliphatic heterocycles. The van der Waals surface area contributed by atoms with Crippen molar-refractivity contribution >= 4 is 17.8 Å². The van der Waals surface area contributed by atoms with Crippen molar-refractivity contribution < 1.29 is 14.7 Å². The van der Waals surface area contributed by atoms with E-state index in [0.717, 1.165) is 5.82 Å². The number of piperazine rings is 1. The number of fused-ring (bicyclic) bond motifs is 1. The number of nitrogens with zero attached hydrogens (tertiary/aromatic N) is 4. The molecule has 2 N–H and O–H groups in total. The fraction of sp³-hybridized carbons (Fsp3) is 0.467. The highest BCUT2D eigenvalue weighted by Crippen LogP contribution is 2.29. The number of anilines is 1. The molecule has 0 spiro atoms. The Morgan fingerprint density at radius 1 is 1.48 bits per heavy atom. The zero-order chi connectivity index (χ0) is 16.4. The molecule has 2 aliphatic rings. The molecule has 120 valence electrons. The third kappa shape index (κ3) is 3.04. The second kappa shape index (κ2) is 6.12. The van der Waals surface area contributed by atoms with Gasteiger partial charge >= 0.3 is 6.09 Å². The minimum Gasteiger partial charge on any atom is -0.465 e. The molecule has 8 heteroatoms. The van der Waals surface area contributed by atoms with Crippen LogP contribution < -0.4 is 10.2 Å². The van der Waals surface area contributed by atoms with Gasteiger partial charge in [0.1, 0.15) is 11.9 Å². The number of hydrogen-bond acceptors (Lipinski definition) is 5. The molecule has 1 aromatic heterocycles. The van der Waals surface area contributed by atoms with Crippen LogP contribution in [-0.4, -0.2) is 59.2 Å². The highest BCUT2D eigenvalue weighted by molar-refractivity contribution is 5.82. The molecule has 2 atom stereocenters. The van der Waals surface area contributed by atoms with Crippen LogP contribution in [0.5, 0.6) is 0 Å². The summed E-state index contributed by atoms with van der Waals surface area (Å²) in [4.78, 5) is 31.1. The first-order chi connectivity index (χ1) is 11.1. The predicted molar refractivity (Wildman–Crippen MR) is 80.8 cm³/mol. The van der Waals surface area contributed by atoms with Crippen molar-refractivity contribution in [2.45, 2.75) is 12.5 Å². The quantitative estimate of drug-likeness (QED) is 0.828. The summed E-state index contributed by atoms with van der Waals surface area (Å²) in [6, 6.07) is 5.66. The molecule has 0 aromatic carbocycles. The summed E-state index contributed by atoms with van der Waals surface area (Å²) in [7, 11) is 0. The molecule has 2 saturated heterocycles. The van der Waals surface area contributed by atoms with Crippen molar-refractivity contribution in [1.82, 2.24) is 15.2 Å². The summed E-state index contributed by atoms with van der Waals surface area (Å²) >= 11 is 0. The largest absolute Gasteiger partial charge is 0.465 e. The summed E-state index contributed by atoms with van der Waals surface area (Å²) in [6.07, 6.45) is 1.08. The minimum absolute atomic E-state index is 0.0242. The SMILES string of the molecule is N#Cc1ccc(N2CCN3C(=O)[C@@H](CNC(=O)O)C[C@H]3C2)nc1. The second-order valence-electron chi connectivity index (χ2n) is 5.77. The number of pyridine rings is 1. The average molecular weight is 315 g/mol. The maximum atomic E-state index is 12.3. The van der Waals surface area contributed by atoms with E-state index in [2.05, 4.69) is 15.2 Å². The molecule has 0 bridgehead atoms. The Kier molecular flexibility index (Phi) is 4.02. The van der Waals surface area contributed by atoms with Crippen LogP contribution in [0.1, 0.15) is 12.0 Å². The lowest BCUT2D eigenvalue weighted by molar-refractivity contribution is -0.132. The Labute approximate surface area is 133 Å². The number of nitrogens with one attached hydrogen (secondary N) is 1. The lowest BCUT2D eigenvalue weighted by Gasteiger charge is -2.38. The molecule has 2 fully saturated rings. The molecule has 0 unspecified atom stereocenters. The highest BCUT2D eigenvalue weighted by atomic mass is 16.4. The van der Waals surface area contributed by atoms with Crippen LogP contribution in [0.3, 0.4) is 0 Å². The molecule has 3 rings (SSSR count). The van der Waals surface area contributed by atoms with Gasteiger partial charge in [0.05, 0.1) is 17.5 Å². The van der Waals surface area contributed by atoms with Gasteiger partial charge in [0.15, 0.2) is 0 Å². The standard InChI is InChI=1S/C15H17N5O3/c16-6-10-1-2-13(17-7-10)19-3-4-20-12(9-19)5-11(14(20)21)8-18-15(22)23/h1-2,7,11-12,18H,3-5,8-9H2,(H,22,23)/t11-,12+/m1/s1. The Morgan fingerprint density at radius 2 is 2.30 bits per heavy atom. The molecular weight excluding hydrogens is 298 g/mol. The predicted octanol–water partition coefficient (Wildman–Crippen LogP) is 0.258. The van der Waals surface area contributed by atoms with E-state index in [4.69, 9.17) is 10.4 Å². The topological polar surface area (TPSA) is 110 Å². The van der Waals surface area contributed by atoms with Gasteiger partial charge in [-0.05, 0) is 18.6 Å². The second-order valence-corrected chi connectivity index (χ2v) is 5.77. The molecule has 0 radical (unpaired) electrons. The Bertz CT molecular complexity index is 654. The number of nitriles is 1. The number of carboxylic acid groups (broad SMARTS) is 1. The van der Waals surface area contributed by atoms with E-state index < -0.39 is 6.09 Å². The van der Waals surface area contributed by atoms with E-state index in [1.807, 2.05) is 17.0 Å².